The van der Waals surface area contributed by atoms with Gasteiger partial charge in [-0.25, -0.2) is 0 Å². The zero-order valence-electron chi connectivity index (χ0n) is 10.1. The zero-order valence-corrected chi connectivity index (χ0v) is 10.1. The molecule has 5 nitrogen and oxygen atoms in total. The first kappa shape index (κ1) is 10.8. The van der Waals surface area contributed by atoms with E-state index in [4.69, 9.17) is 0 Å². The molecule has 5 heteroatoms. The van der Waals surface area contributed by atoms with Crippen molar-refractivity contribution in [3.8, 4) is 0 Å². The van der Waals surface area contributed by atoms with Gasteiger partial charge < -0.3 is 5.32 Å². The van der Waals surface area contributed by atoms with Gasteiger partial charge in [-0.2, -0.15) is 5.10 Å². The number of piperidine rings is 1. The monoisotopic (exact) mass is 234 g/mol. The number of carbonyl (C=O) groups is 1. The van der Waals surface area contributed by atoms with Gasteiger partial charge in [0.25, 0.3) is 0 Å². The van der Waals surface area contributed by atoms with E-state index in [2.05, 4.69) is 21.5 Å². The molecular weight excluding hydrogens is 216 g/mol. The molecule has 17 heavy (non-hydrogen) atoms. The lowest BCUT2D eigenvalue weighted by Gasteiger charge is -2.31. The van der Waals surface area contributed by atoms with E-state index < -0.39 is 0 Å². The van der Waals surface area contributed by atoms with Crippen LogP contribution in [0.25, 0.3) is 0 Å². The van der Waals surface area contributed by atoms with Crippen molar-refractivity contribution < 1.29 is 4.79 Å². The van der Waals surface area contributed by atoms with Crippen molar-refractivity contribution in [1.29, 1.82) is 0 Å². The van der Waals surface area contributed by atoms with Crippen LogP contribution in [0.3, 0.4) is 0 Å². The first-order valence-electron chi connectivity index (χ1n) is 6.23. The third-order valence-electron chi connectivity index (χ3n) is 3.82. The van der Waals surface area contributed by atoms with Gasteiger partial charge in [-0.1, -0.05) is 0 Å². The second-order valence-electron chi connectivity index (χ2n) is 5.06. The predicted octanol–water partition coefficient (Wildman–Crippen LogP) is 0.273. The molecule has 2 aliphatic heterocycles. The highest BCUT2D eigenvalue weighted by Gasteiger charge is 2.37. The summed E-state index contributed by atoms with van der Waals surface area (Å²) in [6.45, 7) is 2.02. The highest BCUT2D eigenvalue weighted by atomic mass is 16.1. The molecule has 0 aromatic carbocycles. The molecule has 1 aromatic heterocycles. The first-order chi connectivity index (χ1) is 8.22. The Morgan fingerprint density at radius 1 is 1.53 bits per heavy atom. The average molecular weight is 234 g/mol. The third kappa shape index (κ3) is 2.07. The third-order valence-corrected chi connectivity index (χ3v) is 3.82. The summed E-state index contributed by atoms with van der Waals surface area (Å²) in [7, 11) is 1.94. The van der Waals surface area contributed by atoms with Crippen LogP contribution in [0.15, 0.2) is 12.4 Å². The van der Waals surface area contributed by atoms with Crippen LogP contribution < -0.4 is 5.32 Å². The molecule has 2 atom stereocenters. The van der Waals surface area contributed by atoms with E-state index in [1.54, 1.807) is 0 Å². The standard InChI is InChI=1S/C12H18N4O/c1-15-7-9(6-13-15)8-16-5-4-10-11(16)2-3-12(17)14-10/h6-7,10-11H,2-5,8H2,1H3,(H,14,17)/t10-,11-/m0/s1. The molecule has 0 unspecified atom stereocenters. The van der Waals surface area contributed by atoms with Gasteiger partial charge in [0.05, 0.1) is 6.20 Å². The molecule has 1 N–H and O–H groups in total. The molecule has 0 saturated carbocycles. The van der Waals surface area contributed by atoms with Crippen LogP contribution in [0, 0.1) is 0 Å². The van der Waals surface area contributed by atoms with Gasteiger partial charge in [0.1, 0.15) is 0 Å². The van der Waals surface area contributed by atoms with Crippen LogP contribution in [-0.2, 0) is 18.4 Å². The largest absolute Gasteiger partial charge is 0.352 e. The molecule has 2 saturated heterocycles. The molecule has 3 heterocycles. The number of fused-ring (bicyclic) bond motifs is 1. The van der Waals surface area contributed by atoms with Gasteiger partial charge in [0.15, 0.2) is 0 Å². The summed E-state index contributed by atoms with van der Waals surface area (Å²) < 4.78 is 1.84. The van der Waals surface area contributed by atoms with Crippen molar-refractivity contribution in [1.82, 2.24) is 20.0 Å². The number of carbonyl (C=O) groups excluding carboxylic acids is 1. The van der Waals surface area contributed by atoms with E-state index in [-0.39, 0.29) is 5.91 Å². The summed E-state index contributed by atoms with van der Waals surface area (Å²) in [5.41, 5.74) is 1.25. The average Bonchev–Trinajstić information content (AvgIpc) is 2.86. The van der Waals surface area contributed by atoms with Crippen molar-refractivity contribution in [2.75, 3.05) is 6.54 Å². The molecule has 1 aromatic rings. The van der Waals surface area contributed by atoms with Gasteiger partial charge in [-0.3, -0.25) is 14.4 Å². The Hall–Kier alpha value is -1.36. The number of nitrogens with one attached hydrogen (secondary N) is 1. The van der Waals surface area contributed by atoms with Gasteiger partial charge in [0.2, 0.25) is 5.91 Å². The number of hydrogen-bond donors (Lipinski definition) is 1. The summed E-state index contributed by atoms with van der Waals surface area (Å²) >= 11 is 0. The van der Waals surface area contributed by atoms with Gasteiger partial charge in [-0.05, 0) is 12.8 Å². The molecule has 0 radical (unpaired) electrons. The maximum atomic E-state index is 11.3. The fraction of sp³-hybridized carbons (Fsp3) is 0.667. The molecule has 92 valence electrons. The zero-order chi connectivity index (χ0) is 11.8. The van der Waals surface area contributed by atoms with Gasteiger partial charge in [-0.15, -0.1) is 0 Å². The number of aromatic nitrogens is 2. The van der Waals surface area contributed by atoms with E-state index in [1.165, 1.54) is 5.56 Å². The molecule has 3 rings (SSSR count). The van der Waals surface area contributed by atoms with Crippen LogP contribution in [0.5, 0.6) is 0 Å². The maximum Gasteiger partial charge on any atom is 0.220 e. The summed E-state index contributed by atoms with van der Waals surface area (Å²) in [6.07, 6.45) is 6.74. The number of likely N-dealkylation sites (tertiary alicyclic amines) is 1. The Morgan fingerprint density at radius 2 is 2.41 bits per heavy atom. The first-order valence-corrected chi connectivity index (χ1v) is 6.23. The number of nitrogens with zero attached hydrogens (tertiary/aromatic N) is 3. The van der Waals surface area contributed by atoms with E-state index >= 15 is 0 Å². The van der Waals surface area contributed by atoms with Crippen LogP contribution in [0.2, 0.25) is 0 Å². The molecule has 2 fully saturated rings. The maximum absolute atomic E-state index is 11.3. The Balaban J connectivity index is 1.67. The second-order valence-corrected chi connectivity index (χ2v) is 5.06. The minimum Gasteiger partial charge on any atom is -0.352 e. The van der Waals surface area contributed by atoms with Gasteiger partial charge >= 0.3 is 0 Å². The quantitative estimate of drug-likeness (QED) is 0.799. The lowest BCUT2D eigenvalue weighted by Crippen LogP contribution is -2.49. The van der Waals surface area contributed by atoms with Crippen molar-refractivity contribution >= 4 is 5.91 Å². The lowest BCUT2D eigenvalue weighted by atomic mass is 9.99. The lowest BCUT2D eigenvalue weighted by molar-refractivity contribution is -0.124. The Kier molecular flexibility index (Phi) is 2.63. The molecular formula is C12H18N4O. The summed E-state index contributed by atoms with van der Waals surface area (Å²) in [5.74, 6) is 0.217. The smallest absolute Gasteiger partial charge is 0.220 e. The summed E-state index contributed by atoms with van der Waals surface area (Å²) in [6, 6.07) is 0.890. The van der Waals surface area contributed by atoms with Crippen molar-refractivity contribution in [2.45, 2.75) is 37.9 Å². The molecule has 1 amide bonds. The van der Waals surface area contributed by atoms with Gasteiger partial charge in [0, 0.05) is 50.4 Å². The van der Waals surface area contributed by atoms with E-state index in [0.29, 0.717) is 18.5 Å². The summed E-state index contributed by atoms with van der Waals surface area (Å²) in [4.78, 5) is 13.8. The second kappa shape index (κ2) is 4.14. The SMILES string of the molecule is Cn1cc(CN2CC[C@@H]3NC(=O)CC[C@@H]32)cn1. The number of aryl methyl sites for hydroxylation is 1. The van der Waals surface area contributed by atoms with Crippen molar-refractivity contribution in [2.24, 2.45) is 7.05 Å². The Morgan fingerprint density at radius 3 is 3.18 bits per heavy atom. The topological polar surface area (TPSA) is 50.2 Å². The number of hydrogen-bond acceptors (Lipinski definition) is 3. The number of rotatable bonds is 2. The highest BCUT2D eigenvalue weighted by Crippen LogP contribution is 2.26. The van der Waals surface area contributed by atoms with Crippen LogP contribution >= 0.6 is 0 Å². The predicted molar refractivity (Wildman–Crippen MR) is 63.2 cm³/mol. The molecule has 0 spiro atoms. The molecule has 2 aliphatic rings. The van der Waals surface area contributed by atoms with E-state index in [1.807, 2.05) is 17.9 Å². The molecule has 0 aliphatic carbocycles. The van der Waals surface area contributed by atoms with Crippen LogP contribution in [0.1, 0.15) is 24.8 Å². The van der Waals surface area contributed by atoms with E-state index in [0.717, 1.165) is 25.9 Å². The van der Waals surface area contributed by atoms with E-state index in [9.17, 15) is 4.79 Å². The minimum absolute atomic E-state index is 0.217. The van der Waals surface area contributed by atoms with Crippen molar-refractivity contribution in [3.05, 3.63) is 18.0 Å². The summed E-state index contributed by atoms with van der Waals surface area (Å²) in [5, 5.41) is 7.29. The Bertz CT molecular complexity index is 428. The van der Waals surface area contributed by atoms with Crippen LogP contribution in [0.4, 0.5) is 0 Å². The molecule has 0 bridgehead atoms. The number of amides is 1. The van der Waals surface area contributed by atoms with Crippen LogP contribution in [-0.4, -0.2) is 39.2 Å². The minimum atomic E-state index is 0.217. The normalized spacial score (nSPS) is 29.1. The fourth-order valence-corrected chi connectivity index (χ4v) is 3.01. The Labute approximate surface area is 101 Å². The highest BCUT2D eigenvalue weighted by molar-refractivity contribution is 5.77. The fourth-order valence-electron chi connectivity index (χ4n) is 3.01. The van der Waals surface area contributed by atoms with Crippen molar-refractivity contribution in [3.63, 3.8) is 0 Å².